The molecule has 0 aromatic heterocycles. The fraction of sp³-hybridized carbons (Fsp3) is 0.733. The molecule has 0 N–H and O–H groups in total. The molecule has 6 nitrogen and oxygen atoms in total. The smallest absolute Gasteiger partial charge is 0.413 e. The van der Waals surface area contributed by atoms with Crippen LogP contribution >= 0.6 is 15.9 Å². The molecule has 22 heavy (non-hydrogen) atoms. The maximum atomic E-state index is 12.4. The van der Waals surface area contributed by atoms with Crippen LogP contribution in [0.3, 0.4) is 0 Å². The zero-order chi connectivity index (χ0) is 17.1. The number of ether oxygens (including phenoxy) is 3. The zero-order valence-corrected chi connectivity index (χ0v) is 15.5. The van der Waals surface area contributed by atoms with E-state index in [4.69, 9.17) is 14.2 Å². The summed E-state index contributed by atoms with van der Waals surface area (Å²) in [5.41, 5.74) is -1.42. The van der Waals surface area contributed by atoms with E-state index < -0.39 is 29.4 Å². The molecule has 7 heteroatoms. The molecule has 1 aliphatic heterocycles. The van der Waals surface area contributed by atoms with Crippen LogP contribution in [0.1, 0.15) is 41.5 Å². The minimum Gasteiger partial charge on any atom is -0.462 e. The Morgan fingerprint density at radius 1 is 1.41 bits per heavy atom. The summed E-state index contributed by atoms with van der Waals surface area (Å²) in [6, 6.07) is -0.413. The van der Waals surface area contributed by atoms with Crippen molar-refractivity contribution in [1.29, 1.82) is 0 Å². The van der Waals surface area contributed by atoms with E-state index in [1.165, 1.54) is 4.90 Å². The third kappa shape index (κ3) is 4.98. The highest BCUT2D eigenvalue weighted by molar-refractivity contribution is 9.12. The molecule has 126 valence electrons. The summed E-state index contributed by atoms with van der Waals surface area (Å²) in [5, 5.41) is 0. The SMILES string of the molecule is CCOC(=O)/C(Br)=C/C1COC(C)(C)N1C(=O)OC(C)(C)C. The molecule has 1 heterocycles. The van der Waals surface area contributed by atoms with Crippen molar-refractivity contribution in [2.75, 3.05) is 13.2 Å². The lowest BCUT2D eigenvalue weighted by atomic mass is 10.2. The van der Waals surface area contributed by atoms with E-state index in [2.05, 4.69) is 15.9 Å². The Kier molecular flexibility index (Phi) is 6.03. The lowest BCUT2D eigenvalue weighted by Gasteiger charge is -2.34. The van der Waals surface area contributed by atoms with Crippen molar-refractivity contribution in [1.82, 2.24) is 4.90 Å². The quantitative estimate of drug-likeness (QED) is 0.558. The Bertz CT molecular complexity index is 467. The summed E-state index contributed by atoms with van der Waals surface area (Å²) in [6.45, 7) is 11.3. The first-order valence-corrected chi connectivity index (χ1v) is 7.98. The van der Waals surface area contributed by atoms with Gasteiger partial charge in [-0.3, -0.25) is 4.90 Å². The number of hydrogen-bond acceptors (Lipinski definition) is 5. The molecular weight excluding hydrogens is 354 g/mol. The molecule has 1 atom stereocenters. The Labute approximate surface area is 139 Å². The third-order valence-corrected chi connectivity index (χ3v) is 3.51. The molecule has 0 aliphatic carbocycles. The number of carbonyl (C=O) groups is 2. The van der Waals surface area contributed by atoms with Crippen molar-refractivity contribution in [3.05, 3.63) is 10.6 Å². The number of rotatable bonds is 3. The topological polar surface area (TPSA) is 65.1 Å². The maximum absolute atomic E-state index is 12.4. The van der Waals surface area contributed by atoms with Crippen LogP contribution in [0, 0.1) is 0 Å². The van der Waals surface area contributed by atoms with Gasteiger partial charge in [-0.05, 0) is 63.5 Å². The predicted octanol–water partition coefficient (Wildman–Crippen LogP) is 3.20. The molecule has 1 unspecified atom stereocenters. The molecule has 1 aliphatic rings. The first kappa shape index (κ1) is 19.0. The average molecular weight is 378 g/mol. The van der Waals surface area contributed by atoms with Crippen LogP contribution in [0.4, 0.5) is 4.79 Å². The summed E-state index contributed by atoms with van der Waals surface area (Å²) in [4.78, 5) is 25.6. The van der Waals surface area contributed by atoms with Gasteiger partial charge in [0.05, 0.1) is 19.3 Å². The number of hydrogen-bond donors (Lipinski definition) is 0. The van der Waals surface area contributed by atoms with Crippen molar-refractivity contribution in [2.24, 2.45) is 0 Å². The summed E-state index contributed by atoms with van der Waals surface area (Å²) >= 11 is 3.18. The fourth-order valence-electron chi connectivity index (χ4n) is 2.06. The van der Waals surface area contributed by atoms with Crippen LogP contribution in [0.15, 0.2) is 10.6 Å². The van der Waals surface area contributed by atoms with Crippen LogP contribution in [0.2, 0.25) is 0 Å². The van der Waals surface area contributed by atoms with Crippen molar-refractivity contribution in [3.63, 3.8) is 0 Å². The van der Waals surface area contributed by atoms with E-state index in [-0.39, 0.29) is 17.7 Å². The molecule has 1 fully saturated rings. The molecule has 0 aromatic carbocycles. The first-order chi connectivity index (χ1) is 9.98. The van der Waals surface area contributed by atoms with Gasteiger partial charge in [-0.2, -0.15) is 0 Å². The Hall–Kier alpha value is -1.08. The second-order valence-corrected chi connectivity index (χ2v) is 7.26. The van der Waals surface area contributed by atoms with E-state index in [1.54, 1.807) is 47.6 Å². The molecular formula is C15H24BrNO5. The molecule has 1 amide bonds. The van der Waals surface area contributed by atoms with Crippen molar-refractivity contribution in [3.8, 4) is 0 Å². The van der Waals surface area contributed by atoms with Crippen LogP contribution in [-0.2, 0) is 19.0 Å². The Balaban J connectivity index is 2.97. The largest absolute Gasteiger partial charge is 0.462 e. The normalized spacial score (nSPS) is 21.7. The minimum absolute atomic E-state index is 0.259. The number of nitrogens with zero attached hydrogens (tertiary/aromatic N) is 1. The summed E-state index contributed by atoms with van der Waals surface area (Å²) < 4.78 is 16.2. The van der Waals surface area contributed by atoms with Gasteiger partial charge in [-0.25, -0.2) is 9.59 Å². The molecule has 1 rings (SSSR count). The minimum atomic E-state index is -0.814. The number of halogens is 1. The van der Waals surface area contributed by atoms with Gasteiger partial charge in [0.1, 0.15) is 15.8 Å². The van der Waals surface area contributed by atoms with E-state index in [9.17, 15) is 9.59 Å². The third-order valence-electron chi connectivity index (χ3n) is 2.92. The van der Waals surface area contributed by atoms with Crippen molar-refractivity contribution < 1.29 is 23.8 Å². The second kappa shape index (κ2) is 7.00. The van der Waals surface area contributed by atoms with Gasteiger partial charge >= 0.3 is 12.1 Å². The number of esters is 1. The Morgan fingerprint density at radius 2 is 2.00 bits per heavy atom. The molecule has 1 saturated heterocycles. The van der Waals surface area contributed by atoms with Gasteiger partial charge in [0.25, 0.3) is 0 Å². The van der Waals surface area contributed by atoms with Gasteiger partial charge < -0.3 is 14.2 Å². The average Bonchev–Trinajstić information content (AvgIpc) is 2.62. The lowest BCUT2D eigenvalue weighted by Crippen LogP contribution is -2.49. The van der Waals surface area contributed by atoms with Gasteiger partial charge in [0, 0.05) is 0 Å². The van der Waals surface area contributed by atoms with Crippen LogP contribution in [0.5, 0.6) is 0 Å². The van der Waals surface area contributed by atoms with E-state index in [1.807, 2.05) is 0 Å². The maximum Gasteiger partial charge on any atom is 0.413 e. The molecule has 0 spiro atoms. The predicted molar refractivity (Wildman–Crippen MR) is 85.5 cm³/mol. The van der Waals surface area contributed by atoms with E-state index in [0.717, 1.165) is 0 Å². The summed E-state index contributed by atoms with van der Waals surface area (Å²) in [7, 11) is 0. The van der Waals surface area contributed by atoms with Crippen LogP contribution < -0.4 is 0 Å². The van der Waals surface area contributed by atoms with Crippen LogP contribution in [-0.4, -0.2) is 47.5 Å². The van der Waals surface area contributed by atoms with E-state index in [0.29, 0.717) is 0 Å². The van der Waals surface area contributed by atoms with Crippen molar-refractivity contribution >= 4 is 28.0 Å². The number of carbonyl (C=O) groups excluding carboxylic acids is 2. The zero-order valence-electron chi connectivity index (χ0n) is 13.9. The fourth-order valence-corrected chi connectivity index (χ4v) is 2.48. The van der Waals surface area contributed by atoms with Gasteiger partial charge in [0.15, 0.2) is 0 Å². The van der Waals surface area contributed by atoms with Gasteiger partial charge in [-0.15, -0.1) is 0 Å². The highest BCUT2D eigenvalue weighted by Gasteiger charge is 2.45. The summed E-state index contributed by atoms with van der Waals surface area (Å²) in [5.74, 6) is -0.476. The molecule has 0 bridgehead atoms. The van der Waals surface area contributed by atoms with E-state index >= 15 is 0 Å². The monoisotopic (exact) mass is 377 g/mol. The van der Waals surface area contributed by atoms with Crippen LogP contribution in [0.25, 0.3) is 0 Å². The molecule has 0 aromatic rings. The van der Waals surface area contributed by atoms with Gasteiger partial charge in [-0.1, -0.05) is 0 Å². The van der Waals surface area contributed by atoms with Gasteiger partial charge in [0.2, 0.25) is 0 Å². The lowest BCUT2D eigenvalue weighted by molar-refractivity contribution is -0.137. The highest BCUT2D eigenvalue weighted by Crippen LogP contribution is 2.31. The highest BCUT2D eigenvalue weighted by atomic mass is 79.9. The van der Waals surface area contributed by atoms with Crippen molar-refractivity contribution in [2.45, 2.75) is 58.9 Å². The first-order valence-electron chi connectivity index (χ1n) is 7.18. The Morgan fingerprint density at radius 3 is 2.50 bits per heavy atom. The second-order valence-electron chi connectivity index (χ2n) is 6.41. The number of amides is 1. The molecule has 0 saturated carbocycles. The summed E-state index contributed by atoms with van der Waals surface area (Å²) in [6.07, 6.45) is 1.12. The standard InChI is InChI=1S/C15H24BrNO5/c1-7-20-12(18)11(16)8-10-9-21-15(5,6)17(10)13(19)22-14(2,3)4/h8,10H,7,9H2,1-6H3/b11-8-. The molecule has 0 radical (unpaired) electrons.